The standard InChI is InChI=1S/C22H28O3/c1-4-5-6-7-8-21(2,3)11-9-12(23)14(13(24)10-11)15-16-18-19-20(25)17(15)22(16,18)19/h9-10,15-19,23-24H,4-8H2,1-3H3/t15?,16-,17?,18?,19-,22?/m0/s1. The highest BCUT2D eigenvalue weighted by molar-refractivity contribution is 6.05. The molecule has 3 nitrogen and oxygen atoms in total. The van der Waals surface area contributed by atoms with Crippen LogP contribution in [0.1, 0.15) is 69.9 Å². The van der Waals surface area contributed by atoms with Crippen molar-refractivity contribution < 1.29 is 15.0 Å². The average Bonchev–Trinajstić information content (AvgIpc) is 3.36. The van der Waals surface area contributed by atoms with Gasteiger partial charge in [-0.15, -0.1) is 0 Å². The molecule has 1 aromatic carbocycles. The van der Waals surface area contributed by atoms with Gasteiger partial charge >= 0.3 is 0 Å². The van der Waals surface area contributed by atoms with Crippen LogP contribution in [-0.2, 0) is 10.2 Å². The zero-order valence-corrected chi connectivity index (χ0v) is 15.4. The van der Waals surface area contributed by atoms with Crippen molar-refractivity contribution in [3.8, 4) is 11.5 Å². The number of Topliss-reactive ketones (excluding diaryl/α,β-unsaturated/α-hetero) is 1. The van der Waals surface area contributed by atoms with E-state index in [0.29, 0.717) is 34.5 Å². The maximum Gasteiger partial charge on any atom is 0.141 e. The van der Waals surface area contributed by atoms with E-state index in [9.17, 15) is 15.0 Å². The molecule has 0 bridgehead atoms. The van der Waals surface area contributed by atoms with Crippen LogP contribution < -0.4 is 0 Å². The summed E-state index contributed by atoms with van der Waals surface area (Å²) in [5, 5.41) is 21.3. The lowest BCUT2D eigenvalue weighted by atomic mass is 9.48. The third-order valence-corrected chi connectivity index (χ3v) is 8.03. The van der Waals surface area contributed by atoms with E-state index in [1.54, 1.807) is 0 Å². The van der Waals surface area contributed by atoms with Crippen LogP contribution in [0.5, 0.6) is 11.5 Å². The monoisotopic (exact) mass is 340 g/mol. The first kappa shape index (κ1) is 15.7. The average molecular weight is 340 g/mol. The molecular weight excluding hydrogens is 312 g/mol. The van der Waals surface area contributed by atoms with E-state index in [1.807, 2.05) is 12.1 Å². The van der Waals surface area contributed by atoms with Gasteiger partial charge in [0.1, 0.15) is 17.3 Å². The van der Waals surface area contributed by atoms with Crippen molar-refractivity contribution in [2.45, 2.75) is 64.2 Å². The van der Waals surface area contributed by atoms with Gasteiger partial charge in [0, 0.05) is 23.3 Å². The third-order valence-electron chi connectivity index (χ3n) is 8.03. The fraction of sp³-hybridized carbons (Fsp3) is 0.682. The van der Waals surface area contributed by atoms with Crippen molar-refractivity contribution >= 4 is 5.78 Å². The number of fused-ring (bicyclic) bond motifs is 2. The molecule has 2 N–H and O–H groups in total. The second-order valence-corrected chi connectivity index (χ2v) is 9.56. The van der Waals surface area contributed by atoms with E-state index in [4.69, 9.17) is 0 Å². The molecule has 1 aromatic rings. The number of carbonyl (C=O) groups excluding carboxylic acids is 1. The number of phenols is 2. The fourth-order valence-electron chi connectivity index (χ4n) is 6.56. The number of ketones is 1. The summed E-state index contributed by atoms with van der Waals surface area (Å²) in [7, 11) is 0. The zero-order chi connectivity index (χ0) is 17.7. The summed E-state index contributed by atoms with van der Waals surface area (Å²) in [5.41, 5.74) is 1.92. The molecule has 4 fully saturated rings. The molecule has 4 aliphatic rings. The lowest BCUT2D eigenvalue weighted by Crippen LogP contribution is -2.56. The number of hydrogen-bond donors (Lipinski definition) is 2. The molecule has 134 valence electrons. The first-order valence-electron chi connectivity index (χ1n) is 9.97. The summed E-state index contributed by atoms with van der Waals surface area (Å²) in [6.07, 6.45) is 5.92. The van der Waals surface area contributed by atoms with Crippen molar-refractivity contribution in [1.82, 2.24) is 0 Å². The minimum absolute atomic E-state index is 0.0683. The van der Waals surface area contributed by atoms with Crippen molar-refractivity contribution in [3.63, 3.8) is 0 Å². The lowest BCUT2D eigenvalue weighted by Gasteiger charge is -2.53. The SMILES string of the molecule is CCCCCCC(C)(C)c1cc(O)c(C2C3C(=O)[C@@H]4C5[C@H]2C354)c(O)c1. The van der Waals surface area contributed by atoms with Crippen LogP contribution >= 0.6 is 0 Å². The number of unbranched alkanes of at least 4 members (excludes halogenated alkanes) is 3. The van der Waals surface area contributed by atoms with Gasteiger partial charge in [-0.2, -0.15) is 0 Å². The summed E-state index contributed by atoms with van der Waals surface area (Å²) in [4.78, 5) is 12.1. The van der Waals surface area contributed by atoms with Crippen molar-refractivity contribution in [1.29, 1.82) is 0 Å². The van der Waals surface area contributed by atoms with Crippen LogP contribution in [-0.4, -0.2) is 16.0 Å². The molecule has 0 heterocycles. The maximum absolute atomic E-state index is 12.1. The predicted octanol–water partition coefficient (Wildman–Crippen LogP) is 4.50. The van der Waals surface area contributed by atoms with Crippen LogP contribution in [0.3, 0.4) is 0 Å². The van der Waals surface area contributed by atoms with Gasteiger partial charge in [-0.25, -0.2) is 0 Å². The number of benzene rings is 1. The van der Waals surface area contributed by atoms with Gasteiger partial charge in [-0.3, -0.25) is 4.79 Å². The van der Waals surface area contributed by atoms with E-state index < -0.39 is 0 Å². The van der Waals surface area contributed by atoms with Crippen LogP contribution in [0.2, 0.25) is 0 Å². The van der Waals surface area contributed by atoms with Crippen LogP contribution in [0.4, 0.5) is 0 Å². The van der Waals surface area contributed by atoms with Gasteiger partial charge in [-0.1, -0.05) is 46.5 Å². The molecule has 0 aliphatic heterocycles. The van der Waals surface area contributed by atoms with Crippen molar-refractivity contribution in [2.75, 3.05) is 0 Å². The van der Waals surface area contributed by atoms with Gasteiger partial charge in [0.2, 0.25) is 0 Å². The van der Waals surface area contributed by atoms with Crippen LogP contribution in [0.15, 0.2) is 12.1 Å². The number of carbonyl (C=O) groups is 1. The molecule has 0 radical (unpaired) electrons. The number of hydrogen-bond acceptors (Lipinski definition) is 3. The number of rotatable bonds is 7. The molecule has 0 aromatic heterocycles. The quantitative estimate of drug-likeness (QED) is 0.718. The van der Waals surface area contributed by atoms with Gasteiger partial charge in [0.25, 0.3) is 0 Å². The van der Waals surface area contributed by atoms with Crippen LogP contribution in [0.25, 0.3) is 0 Å². The number of phenolic OH excluding ortho intramolecular Hbond substituents is 2. The van der Waals surface area contributed by atoms with E-state index >= 15 is 0 Å². The topological polar surface area (TPSA) is 57.5 Å². The summed E-state index contributed by atoms with van der Waals surface area (Å²) in [6.45, 7) is 6.58. The normalized spacial score (nSPS) is 39.2. The fourth-order valence-corrected chi connectivity index (χ4v) is 6.56. The summed E-state index contributed by atoms with van der Waals surface area (Å²) in [6, 6.07) is 3.68. The van der Waals surface area contributed by atoms with Crippen LogP contribution in [0, 0.1) is 29.1 Å². The van der Waals surface area contributed by atoms with Gasteiger partial charge in [0.05, 0.1) is 0 Å². The molecule has 25 heavy (non-hydrogen) atoms. The van der Waals surface area contributed by atoms with Gasteiger partial charge in [0.15, 0.2) is 0 Å². The Morgan fingerprint density at radius 3 is 2.28 bits per heavy atom. The Morgan fingerprint density at radius 2 is 1.72 bits per heavy atom. The molecule has 6 atom stereocenters. The largest absolute Gasteiger partial charge is 0.508 e. The Labute approximate surface area is 149 Å². The molecule has 1 spiro atoms. The molecule has 3 heteroatoms. The smallest absolute Gasteiger partial charge is 0.141 e. The highest BCUT2D eigenvalue weighted by atomic mass is 16.3. The molecule has 5 rings (SSSR count). The van der Waals surface area contributed by atoms with Crippen molar-refractivity contribution in [3.05, 3.63) is 23.3 Å². The van der Waals surface area contributed by atoms with Gasteiger partial charge < -0.3 is 10.2 Å². The molecule has 4 aliphatic carbocycles. The first-order valence-corrected chi connectivity index (χ1v) is 9.97. The Hall–Kier alpha value is -1.51. The van der Waals surface area contributed by atoms with E-state index in [0.717, 1.165) is 18.4 Å². The summed E-state index contributed by atoms with van der Waals surface area (Å²) in [5.74, 6) is 2.45. The molecular formula is C22H28O3. The van der Waals surface area contributed by atoms with E-state index in [-0.39, 0.29) is 28.7 Å². The zero-order valence-electron chi connectivity index (χ0n) is 15.4. The number of aromatic hydroxyl groups is 2. The molecule has 0 amide bonds. The molecule has 4 saturated carbocycles. The lowest BCUT2D eigenvalue weighted by molar-refractivity contribution is -0.150. The predicted molar refractivity (Wildman–Crippen MR) is 95.7 cm³/mol. The van der Waals surface area contributed by atoms with E-state index in [2.05, 4.69) is 20.8 Å². The molecule has 0 saturated heterocycles. The third kappa shape index (κ3) is 1.66. The first-order chi connectivity index (χ1) is 11.9. The highest BCUT2D eigenvalue weighted by Gasteiger charge is 3.06. The minimum Gasteiger partial charge on any atom is -0.508 e. The maximum atomic E-state index is 12.1. The second kappa shape index (κ2) is 4.61. The Balaban J connectivity index is 1.37. The summed E-state index contributed by atoms with van der Waals surface area (Å²) >= 11 is 0. The highest BCUT2D eigenvalue weighted by Crippen LogP contribution is 3.05. The Bertz CT molecular complexity index is 756. The Morgan fingerprint density at radius 1 is 1.04 bits per heavy atom. The second-order valence-electron chi connectivity index (χ2n) is 9.56. The van der Waals surface area contributed by atoms with Crippen molar-refractivity contribution in [2.24, 2.45) is 29.1 Å². The van der Waals surface area contributed by atoms with Gasteiger partial charge in [-0.05, 0) is 46.8 Å². The summed E-state index contributed by atoms with van der Waals surface area (Å²) < 4.78 is 0. The molecule has 4 unspecified atom stereocenters. The van der Waals surface area contributed by atoms with E-state index in [1.165, 1.54) is 19.3 Å². The Kier molecular flexibility index (Phi) is 2.90. The minimum atomic E-state index is -0.0683.